The fraction of sp³-hybridized carbons (Fsp3) is 0.481. The second-order valence-electron chi connectivity index (χ2n) is 9.40. The molecule has 7 nitrogen and oxygen atoms in total. The molecule has 2 unspecified atom stereocenters. The maximum Gasteiger partial charge on any atom is 0.238 e. The Morgan fingerprint density at radius 1 is 0.971 bits per heavy atom. The summed E-state index contributed by atoms with van der Waals surface area (Å²) in [6.45, 7) is 7.74. The molecule has 34 heavy (non-hydrogen) atoms. The van der Waals surface area contributed by atoms with E-state index in [1.807, 2.05) is 36.4 Å². The van der Waals surface area contributed by atoms with Crippen molar-refractivity contribution >= 4 is 23.1 Å². The lowest BCUT2D eigenvalue weighted by Crippen LogP contribution is -2.45. The van der Waals surface area contributed by atoms with Crippen LogP contribution >= 0.6 is 0 Å². The lowest BCUT2D eigenvalue weighted by atomic mass is 9.89. The Hall–Kier alpha value is -2.90. The maximum atomic E-state index is 12.8. The summed E-state index contributed by atoms with van der Waals surface area (Å²) in [5.41, 5.74) is 2.66. The van der Waals surface area contributed by atoms with Gasteiger partial charge in [-0.3, -0.25) is 14.5 Å². The number of anilines is 2. The predicted octanol–water partition coefficient (Wildman–Crippen LogP) is 3.84. The largest absolute Gasteiger partial charge is 0.497 e. The molecule has 2 aromatic carbocycles. The van der Waals surface area contributed by atoms with Gasteiger partial charge in [-0.2, -0.15) is 0 Å². The van der Waals surface area contributed by atoms with E-state index in [9.17, 15) is 9.59 Å². The van der Waals surface area contributed by atoms with Crippen molar-refractivity contribution in [2.75, 3.05) is 50.1 Å². The van der Waals surface area contributed by atoms with E-state index in [0.717, 1.165) is 61.7 Å². The molecule has 2 heterocycles. The number of hydrogen-bond donors (Lipinski definition) is 1. The molecule has 7 heteroatoms. The van der Waals surface area contributed by atoms with Crippen LogP contribution in [0.3, 0.4) is 0 Å². The molecule has 0 aromatic heterocycles. The predicted molar refractivity (Wildman–Crippen MR) is 134 cm³/mol. The van der Waals surface area contributed by atoms with Crippen molar-refractivity contribution in [3.63, 3.8) is 0 Å². The number of morpholine rings is 1. The third-order valence-electron chi connectivity index (χ3n) is 6.64. The van der Waals surface area contributed by atoms with E-state index in [2.05, 4.69) is 41.1 Å². The van der Waals surface area contributed by atoms with Crippen molar-refractivity contribution < 1.29 is 19.1 Å². The van der Waals surface area contributed by atoms with Gasteiger partial charge in [-0.05, 0) is 88.3 Å². The minimum Gasteiger partial charge on any atom is -0.497 e. The molecule has 1 N–H and O–H groups in total. The van der Waals surface area contributed by atoms with Crippen LogP contribution in [0.2, 0.25) is 0 Å². The van der Waals surface area contributed by atoms with Crippen molar-refractivity contribution in [1.82, 2.24) is 4.90 Å². The molecule has 2 fully saturated rings. The summed E-state index contributed by atoms with van der Waals surface area (Å²) in [4.78, 5) is 29.8. The highest BCUT2D eigenvalue weighted by molar-refractivity contribution is 5.98. The fourth-order valence-electron chi connectivity index (χ4n) is 4.89. The maximum absolute atomic E-state index is 12.8. The number of methoxy groups -OCH3 is 1. The van der Waals surface area contributed by atoms with Crippen LogP contribution in [-0.2, 0) is 9.53 Å². The minimum atomic E-state index is -0.0266. The fourth-order valence-corrected chi connectivity index (χ4v) is 4.89. The Morgan fingerprint density at radius 2 is 1.59 bits per heavy atom. The molecule has 0 aliphatic carbocycles. The van der Waals surface area contributed by atoms with Crippen molar-refractivity contribution in [3.8, 4) is 5.75 Å². The SMILES string of the molecule is COc1ccc(C(=O)C2CCN(CC(=O)Nc3ccc(N4CC(C)OC(C)C4)cc3)CC2)cc1. The van der Waals surface area contributed by atoms with Gasteiger partial charge in [-0.25, -0.2) is 0 Å². The summed E-state index contributed by atoms with van der Waals surface area (Å²) in [7, 11) is 1.62. The topological polar surface area (TPSA) is 71.1 Å². The van der Waals surface area contributed by atoms with Crippen LogP contribution in [0.5, 0.6) is 5.75 Å². The van der Waals surface area contributed by atoms with Gasteiger partial charge in [-0.1, -0.05) is 0 Å². The quantitative estimate of drug-likeness (QED) is 0.627. The van der Waals surface area contributed by atoms with E-state index in [0.29, 0.717) is 6.54 Å². The first-order valence-electron chi connectivity index (χ1n) is 12.1. The van der Waals surface area contributed by atoms with E-state index >= 15 is 0 Å². The normalized spacial score (nSPS) is 21.8. The van der Waals surface area contributed by atoms with Gasteiger partial charge in [0.25, 0.3) is 0 Å². The summed E-state index contributed by atoms with van der Waals surface area (Å²) < 4.78 is 11.0. The Kier molecular flexibility index (Phi) is 7.85. The minimum absolute atomic E-state index is 0.00544. The molecule has 182 valence electrons. The number of nitrogens with zero attached hydrogens (tertiary/aromatic N) is 2. The van der Waals surface area contributed by atoms with Gasteiger partial charge in [0, 0.05) is 35.9 Å². The number of likely N-dealkylation sites (tertiary alicyclic amines) is 1. The van der Waals surface area contributed by atoms with Crippen LogP contribution in [0.25, 0.3) is 0 Å². The molecule has 2 aliphatic rings. The summed E-state index contributed by atoms with van der Waals surface area (Å²) in [5, 5.41) is 3.00. The van der Waals surface area contributed by atoms with Crippen LogP contribution in [0.15, 0.2) is 48.5 Å². The summed E-state index contributed by atoms with van der Waals surface area (Å²) >= 11 is 0. The lowest BCUT2D eigenvalue weighted by Gasteiger charge is -2.36. The van der Waals surface area contributed by atoms with Crippen LogP contribution in [0.4, 0.5) is 11.4 Å². The molecule has 4 rings (SSSR count). The first kappa shape index (κ1) is 24.2. The van der Waals surface area contributed by atoms with Crippen molar-refractivity contribution in [2.24, 2.45) is 5.92 Å². The average Bonchev–Trinajstić information content (AvgIpc) is 2.84. The molecular formula is C27H35N3O4. The van der Waals surface area contributed by atoms with E-state index < -0.39 is 0 Å². The Morgan fingerprint density at radius 3 is 2.18 bits per heavy atom. The third-order valence-corrected chi connectivity index (χ3v) is 6.64. The van der Waals surface area contributed by atoms with E-state index in [-0.39, 0.29) is 29.8 Å². The molecule has 2 saturated heterocycles. The van der Waals surface area contributed by atoms with Crippen LogP contribution < -0.4 is 15.0 Å². The second-order valence-corrected chi connectivity index (χ2v) is 9.40. The first-order chi connectivity index (χ1) is 16.4. The van der Waals surface area contributed by atoms with Crippen molar-refractivity contribution in [3.05, 3.63) is 54.1 Å². The number of carbonyl (C=O) groups excluding carboxylic acids is 2. The number of carbonyl (C=O) groups is 2. The summed E-state index contributed by atoms with van der Waals surface area (Å²) in [6.07, 6.45) is 1.95. The molecule has 0 bridgehead atoms. The number of rotatable bonds is 7. The van der Waals surface area contributed by atoms with Crippen molar-refractivity contribution in [1.29, 1.82) is 0 Å². The van der Waals surface area contributed by atoms with Gasteiger partial charge >= 0.3 is 0 Å². The van der Waals surface area contributed by atoms with Gasteiger partial charge < -0.3 is 19.7 Å². The Balaban J connectivity index is 1.23. The molecule has 0 radical (unpaired) electrons. The number of Topliss-reactive ketones (excluding diaryl/α,β-unsaturated/α-hetero) is 1. The number of amides is 1. The number of benzene rings is 2. The molecule has 2 aliphatic heterocycles. The molecular weight excluding hydrogens is 430 g/mol. The summed E-state index contributed by atoms with van der Waals surface area (Å²) in [6, 6.07) is 15.3. The number of ether oxygens (including phenoxy) is 2. The highest BCUT2D eigenvalue weighted by Crippen LogP contribution is 2.24. The first-order valence-corrected chi connectivity index (χ1v) is 12.1. The zero-order valence-electron chi connectivity index (χ0n) is 20.3. The number of piperidine rings is 1. The van der Waals surface area contributed by atoms with Crippen molar-refractivity contribution in [2.45, 2.75) is 38.9 Å². The average molecular weight is 466 g/mol. The van der Waals surface area contributed by atoms with Crippen LogP contribution in [0, 0.1) is 5.92 Å². The lowest BCUT2D eigenvalue weighted by molar-refractivity contribution is -0.117. The zero-order chi connectivity index (χ0) is 24.1. The van der Waals surface area contributed by atoms with E-state index in [4.69, 9.17) is 9.47 Å². The molecule has 2 aromatic rings. The van der Waals surface area contributed by atoms with Crippen LogP contribution in [-0.4, -0.2) is 68.6 Å². The standard InChI is InChI=1S/C27H35N3O4/c1-19-16-30(17-20(2)34-19)24-8-6-23(7-9-24)28-26(31)18-29-14-12-22(13-15-29)27(32)21-4-10-25(33-3)11-5-21/h4-11,19-20,22H,12-18H2,1-3H3,(H,28,31). The second kappa shape index (κ2) is 11.0. The highest BCUT2D eigenvalue weighted by Gasteiger charge is 2.27. The number of nitrogens with one attached hydrogen (secondary N) is 1. The Labute approximate surface area is 202 Å². The smallest absolute Gasteiger partial charge is 0.238 e. The molecule has 1 amide bonds. The molecule has 0 saturated carbocycles. The molecule has 0 spiro atoms. The highest BCUT2D eigenvalue weighted by atomic mass is 16.5. The third kappa shape index (κ3) is 6.15. The summed E-state index contributed by atoms with van der Waals surface area (Å²) in [5.74, 6) is 0.903. The zero-order valence-corrected chi connectivity index (χ0v) is 20.3. The number of ketones is 1. The Bertz CT molecular complexity index is 958. The van der Waals surface area contributed by atoms with Gasteiger partial charge in [0.2, 0.25) is 5.91 Å². The molecule has 2 atom stereocenters. The van der Waals surface area contributed by atoms with E-state index in [1.165, 1.54) is 0 Å². The van der Waals surface area contributed by atoms with Gasteiger partial charge in [0.05, 0.1) is 25.9 Å². The monoisotopic (exact) mass is 465 g/mol. The van der Waals surface area contributed by atoms with Gasteiger partial charge in [0.1, 0.15) is 5.75 Å². The van der Waals surface area contributed by atoms with Gasteiger partial charge in [-0.15, -0.1) is 0 Å². The number of hydrogen-bond acceptors (Lipinski definition) is 6. The van der Waals surface area contributed by atoms with Gasteiger partial charge in [0.15, 0.2) is 5.78 Å². The van der Waals surface area contributed by atoms with Crippen LogP contribution in [0.1, 0.15) is 37.0 Å². The van der Waals surface area contributed by atoms with E-state index in [1.54, 1.807) is 7.11 Å².